The highest BCUT2D eigenvalue weighted by atomic mass is 79.9. The molecule has 0 saturated heterocycles. The molecule has 1 aliphatic heterocycles. The van der Waals surface area contributed by atoms with Crippen molar-refractivity contribution < 1.29 is 9.53 Å². The van der Waals surface area contributed by atoms with Gasteiger partial charge in [0.1, 0.15) is 5.75 Å². The van der Waals surface area contributed by atoms with Crippen molar-refractivity contribution in [1.29, 1.82) is 0 Å². The van der Waals surface area contributed by atoms with Crippen LogP contribution in [-0.2, 0) is 6.54 Å². The number of ketones is 1. The predicted molar refractivity (Wildman–Crippen MR) is 99.1 cm³/mol. The Hall–Kier alpha value is -2.07. The fraction of sp³-hybridized carbons (Fsp3) is 0.250. The first-order valence-electron chi connectivity index (χ1n) is 8.10. The van der Waals surface area contributed by atoms with E-state index in [0.29, 0.717) is 11.5 Å². The summed E-state index contributed by atoms with van der Waals surface area (Å²) in [5.74, 6) is 1.25. The number of hydrogen-bond donors (Lipinski definition) is 0. The predicted octanol–water partition coefficient (Wildman–Crippen LogP) is 5.15. The number of carbonyl (C=O) groups excluding carboxylic acids is 1. The summed E-state index contributed by atoms with van der Waals surface area (Å²) in [6.45, 7) is 3.18. The van der Waals surface area contributed by atoms with Crippen molar-refractivity contribution in [3.8, 4) is 5.75 Å². The Morgan fingerprint density at radius 3 is 2.67 bits per heavy atom. The van der Waals surface area contributed by atoms with E-state index >= 15 is 0 Å². The molecule has 2 heterocycles. The number of nitrogens with zero attached hydrogens (tertiary/aromatic N) is 1. The topological polar surface area (TPSA) is 31.2 Å². The minimum absolute atomic E-state index is 0.0903. The Bertz CT molecular complexity index is 940. The summed E-state index contributed by atoms with van der Waals surface area (Å²) in [7, 11) is 1.63. The molecular weight excluding hydrogens is 366 g/mol. The summed E-state index contributed by atoms with van der Waals surface area (Å²) in [6, 6.07) is 13.5. The lowest BCUT2D eigenvalue weighted by Crippen LogP contribution is -2.05. The standard InChI is InChI=1S/C20H18BrNO2/c1-12-9-10-22-17-11-14(21)5-8-16(17)18(19(12)22)20(23)13-3-6-15(24-2)7-4-13/h3-8,11-12H,9-10H2,1-2H3/t12-/m1/s1. The number of halogens is 1. The van der Waals surface area contributed by atoms with Crippen molar-refractivity contribution in [2.75, 3.05) is 7.11 Å². The number of carbonyl (C=O) groups is 1. The fourth-order valence-corrected chi connectivity index (χ4v) is 4.03. The van der Waals surface area contributed by atoms with Crippen molar-refractivity contribution in [3.63, 3.8) is 0 Å². The lowest BCUT2D eigenvalue weighted by Gasteiger charge is -2.08. The van der Waals surface area contributed by atoms with Gasteiger partial charge in [-0.3, -0.25) is 4.79 Å². The van der Waals surface area contributed by atoms with Gasteiger partial charge in [-0.1, -0.05) is 28.9 Å². The molecule has 0 N–H and O–H groups in total. The number of methoxy groups -OCH3 is 1. The quantitative estimate of drug-likeness (QED) is 0.585. The van der Waals surface area contributed by atoms with Crippen LogP contribution >= 0.6 is 15.9 Å². The summed E-state index contributed by atoms with van der Waals surface area (Å²) >= 11 is 3.55. The van der Waals surface area contributed by atoms with E-state index in [0.717, 1.165) is 39.7 Å². The lowest BCUT2D eigenvalue weighted by atomic mass is 9.95. The molecule has 2 aromatic carbocycles. The highest BCUT2D eigenvalue weighted by Crippen LogP contribution is 2.40. The fourth-order valence-electron chi connectivity index (χ4n) is 3.68. The molecule has 0 amide bonds. The first-order valence-corrected chi connectivity index (χ1v) is 8.90. The third-order valence-corrected chi connectivity index (χ3v) is 5.39. The molecule has 1 aromatic heterocycles. The maximum Gasteiger partial charge on any atom is 0.195 e. The molecule has 4 heteroatoms. The van der Waals surface area contributed by atoms with Crippen molar-refractivity contribution in [3.05, 3.63) is 63.8 Å². The average molecular weight is 384 g/mol. The number of fused-ring (bicyclic) bond motifs is 3. The normalized spacial score (nSPS) is 16.4. The molecule has 0 fully saturated rings. The van der Waals surface area contributed by atoms with Gasteiger partial charge >= 0.3 is 0 Å². The Kier molecular flexibility index (Phi) is 3.72. The zero-order valence-electron chi connectivity index (χ0n) is 13.7. The van der Waals surface area contributed by atoms with E-state index < -0.39 is 0 Å². The van der Waals surface area contributed by atoms with Crippen LogP contribution in [0.2, 0.25) is 0 Å². The maximum absolute atomic E-state index is 13.2. The van der Waals surface area contributed by atoms with Crippen LogP contribution in [-0.4, -0.2) is 17.5 Å². The molecule has 0 unspecified atom stereocenters. The maximum atomic E-state index is 13.2. The Morgan fingerprint density at radius 2 is 1.96 bits per heavy atom. The summed E-state index contributed by atoms with van der Waals surface area (Å²) in [5.41, 5.74) is 3.87. The van der Waals surface area contributed by atoms with E-state index in [-0.39, 0.29) is 5.78 Å². The first-order chi connectivity index (χ1) is 11.6. The number of benzene rings is 2. The van der Waals surface area contributed by atoms with Crippen molar-refractivity contribution >= 4 is 32.6 Å². The van der Waals surface area contributed by atoms with Crippen LogP contribution in [0.4, 0.5) is 0 Å². The van der Waals surface area contributed by atoms with E-state index in [1.54, 1.807) is 7.11 Å². The number of aromatic nitrogens is 1. The molecule has 4 rings (SSSR count). The van der Waals surface area contributed by atoms with Gasteiger partial charge in [-0.05, 0) is 48.7 Å². The summed E-state index contributed by atoms with van der Waals surface area (Å²) in [4.78, 5) is 13.2. The van der Waals surface area contributed by atoms with Crippen LogP contribution in [0.25, 0.3) is 10.9 Å². The van der Waals surface area contributed by atoms with Crippen LogP contribution in [0.1, 0.15) is 40.9 Å². The second kappa shape index (κ2) is 5.78. The lowest BCUT2D eigenvalue weighted by molar-refractivity contribution is 0.103. The minimum Gasteiger partial charge on any atom is -0.497 e. The molecule has 24 heavy (non-hydrogen) atoms. The second-order valence-electron chi connectivity index (χ2n) is 6.32. The number of hydrogen-bond acceptors (Lipinski definition) is 2. The van der Waals surface area contributed by atoms with Crippen molar-refractivity contribution in [2.45, 2.75) is 25.8 Å². The highest BCUT2D eigenvalue weighted by Gasteiger charge is 2.30. The smallest absolute Gasteiger partial charge is 0.195 e. The van der Waals surface area contributed by atoms with Gasteiger partial charge in [0.15, 0.2) is 5.78 Å². The first kappa shape index (κ1) is 15.5. The van der Waals surface area contributed by atoms with E-state index in [9.17, 15) is 4.79 Å². The summed E-state index contributed by atoms with van der Waals surface area (Å²) in [6.07, 6.45) is 1.08. The van der Waals surface area contributed by atoms with E-state index in [2.05, 4.69) is 33.5 Å². The van der Waals surface area contributed by atoms with Crippen LogP contribution in [0, 0.1) is 0 Å². The van der Waals surface area contributed by atoms with Crippen LogP contribution < -0.4 is 4.74 Å². The molecule has 0 spiro atoms. The molecule has 3 aromatic rings. The average Bonchev–Trinajstić information content (AvgIpc) is 3.12. The van der Waals surface area contributed by atoms with E-state index in [1.165, 1.54) is 5.69 Å². The largest absolute Gasteiger partial charge is 0.497 e. The molecule has 0 saturated carbocycles. The van der Waals surface area contributed by atoms with Gasteiger partial charge in [-0.15, -0.1) is 0 Å². The molecule has 0 aliphatic carbocycles. The molecule has 1 aliphatic rings. The number of ether oxygens (including phenoxy) is 1. The van der Waals surface area contributed by atoms with Gasteiger partial charge < -0.3 is 9.30 Å². The molecule has 0 bridgehead atoms. The molecule has 3 nitrogen and oxygen atoms in total. The Balaban J connectivity index is 1.92. The van der Waals surface area contributed by atoms with Gasteiger partial charge in [-0.2, -0.15) is 0 Å². The summed E-state index contributed by atoms with van der Waals surface area (Å²) in [5, 5.41) is 1.04. The zero-order valence-corrected chi connectivity index (χ0v) is 15.3. The monoisotopic (exact) mass is 383 g/mol. The van der Waals surface area contributed by atoms with Crippen molar-refractivity contribution in [1.82, 2.24) is 4.57 Å². The van der Waals surface area contributed by atoms with Gasteiger partial charge in [0.05, 0.1) is 18.2 Å². The molecule has 122 valence electrons. The Morgan fingerprint density at radius 1 is 1.21 bits per heavy atom. The Labute approximate surface area is 149 Å². The van der Waals surface area contributed by atoms with Crippen molar-refractivity contribution in [2.24, 2.45) is 0 Å². The van der Waals surface area contributed by atoms with Gasteiger partial charge in [0.2, 0.25) is 0 Å². The second-order valence-corrected chi connectivity index (χ2v) is 7.24. The number of aryl methyl sites for hydroxylation is 1. The molecule has 1 atom stereocenters. The van der Waals surface area contributed by atoms with E-state index in [1.807, 2.05) is 36.4 Å². The third-order valence-electron chi connectivity index (χ3n) is 4.90. The zero-order chi connectivity index (χ0) is 16.8. The summed E-state index contributed by atoms with van der Waals surface area (Å²) < 4.78 is 8.54. The van der Waals surface area contributed by atoms with Gasteiger partial charge in [0.25, 0.3) is 0 Å². The SMILES string of the molecule is COc1ccc(C(=O)c2c3n(c4cc(Br)ccc24)CC[C@H]3C)cc1. The molecular formula is C20H18BrNO2. The van der Waals surface area contributed by atoms with E-state index in [4.69, 9.17) is 4.74 Å². The van der Waals surface area contributed by atoms with Crippen LogP contribution in [0.3, 0.4) is 0 Å². The number of rotatable bonds is 3. The van der Waals surface area contributed by atoms with Crippen LogP contribution in [0.15, 0.2) is 46.9 Å². The van der Waals surface area contributed by atoms with Gasteiger partial charge in [0, 0.05) is 27.7 Å². The highest BCUT2D eigenvalue weighted by molar-refractivity contribution is 9.10. The third kappa shape index (κ3) is 2.28. The van der Waals surface area contributed by atoms with Crippen LogP contribution in [0.5, 0.6) is 5.75 Å². The molecule has 0 radical (unpaired) electrons. The van der Waals surface area contributed by atoms with Gasteiger partial charge in [-0.25, -0.2) is 0 Å². The minimum atomic E-state index is 0.0903.